The Morgan fingerprint density at radius 3 is 2.07 bits per heavy atom. The van der Waals surface area contributed by atoms with Gasteiger partial charge in [-0.25, -0.2) is 15.0 Å². The van der Waals surface area contributed by atoms with E-state index in [2.05, 4.69) is 172 Å². The number of ether oxygens (including phenoxy) is 1. The molecule has 0 aliphatic carbocycles. The molecule has 8 nitrogen and oxygen atoms in total. The van der Waals surface area contributed by atoms with Gasteiger partial charge in [-0.1, -0.05) is 114 Å². The van der Waals surface area contributed by atoms with Crippen molar-refractivity contribution >= 4 is 35.3 Å². The SMILES string of the molecule is Cc1cccc(C)c1B1N(c2ccccc2)c2ccc(Oc3cnc(-c4nccn4-c4c(C(C)C)cccc4C(C)C)[nH]3)cc2N1c1cc(C(C)(C)C)ccn1. The molecule has 4 aromatic carbocycles. The Morgan fingerprint density at radius 2 is 1.39 bits per heavy atom. The fraction of sp³-hybridized carbons (Fsp3) is 0.255. The normalized spacial score (nSPS) is 12.9. The number of aromatic amines is 1. The molecule has 1 aliphatic heterocycles. The highest BCUT2D eigenvalue weighted by Gasteiger charge is 2.46. The van der Waals surface area contributed by atoms with E-state index in [0.717, 1.165) is 34.4 Å². The molecule has 56 heavy (non-hydrogen) atoms. The molecular formula is C47H50BN7O. The summed E-state index contributed by atoms with van der Waals surface area (Å²) in [5.74, 6) is 4.13. The molecule has 0 atom stereocenters. The zero-order valence-electron chi connectivity index (χ0n) is 33.9. The van der Waals surface area contributed by atoms with E-state index in [4.69, 9.17) is 19.7 Å². The van der Waals surface area contributed by atoms with Crippen LogP contribution >= 0.6 is 0 Å². The van der Waals surface area contributed by atoms with Crippen LogP contribution in [0.3, 0.4) is 0 Å². The number of nitrogens with zero attached hydrogens (tertiary/aromatic N) is 6. The maximum atomic E-state index is 6.62. The average molecular weight is 740 g/mol. The van der Waals surface area contributed by atoms with E-state index in [9.17, 15) is 0 Å². The molecule has 8 rings (SSSR count). The van der Waals surface area contributed by atoms with Crippen LogP contribution in [0.5, 0.6) is 11.6 Å². The average Bonchev–Trinajstić information content (AvgIpc) is 3.92. The van der Waals surface area contributed by atoms with Gasteiger partial charge in [0.1, 0.15) is 11.6 Å². The number of benzene rings is 4. The lowest BCUT2D eigenvalue weighted by atomic mass is 9.61. The number of imidazole rings is 2. The Morgan fingerprint density at radius 1 is 0.696 bits per heavy atom. The summed E-state index contributed by atoms with van der Waals surface area (Å²) >= 11 is 0. The third-order valence-electron chi connectivity index (χ3n) is 10.9. The molecule has 9 heteroatoms. The molecule has 0 fully saturated rings. The van der Waals surface area contributed by atoms with Gasteiger partial charge in [0.15, 0.2) is 11.6 Å². The Hall–Kier alpha value is -6.09. The van der Waals surface area contributed by atoms with E-state index in [-0.39, 0.29) is 12.4 Å². The van der Waals surface area contributed by atoms with Crippen molar-refractivity contribution in [1.29, 1.82) is 0 Å². The van der Waals surface area contributed by atoms with Gasteiger partial charge in [-0.3, -0.25) is 4.57 Å². The molecule has 0 saturated carbocycles. The van der Waals surface area contributed by atoms with Gasteiger partial charge in [0.2, 0.25) is 5.88 Å². The molecule has 3 aromatic heterocycles. The van der Waals surface area contributed by atoms with Gasteiger partial charge in [0, 0.05) is 30.3 Å². The van der Waals surface area contributed by atoms with Gasteiger partial charge >= 0.3 is 6.98 Å². The summed E-state index contributed by atoms with van der Waals surface area (Å²) in [6.07, 6.45) is 7.53. The highest BCUT2D eigenvalue weighted by atomic mass is 16.5. The van der Waals surface area contributed by atoms with Crippen molar-refractivity contribution in [1.82, 2.24) is 24.5 Å². The quantitative estimate of drug-likeness (QED) is 0.149. The van der Waals surface area contributed by atoms with Crippen LogP contribution in [0.2, 0.25) is 0 Å². The monoisotopic (exact) mass is 739 g/mol. The lowest BCUT2D eigenvalue weighted by Crippen LogP contribution is -2.55. The fourth-order valence-electron chi connectivity index (χ4n) is 8.02. The minimum Gasteiger partial charge on any atom is -0.439 e. The van der Waals surface area contributed by atoms with Crippen molar-refractivity contribution in [3.05, 3.63) is 150 Å². The molecule has 7 aromatic rings. The summed E-state index contributed by atoms with van der Waals surface area (Å²) < 4.78 is 8.78. The molecule has 0 amide bonds. The smallest absolute Gasteiger partial charge is 0.422 e. The van der Waals surface area contributed by atoms with Gasteiger partial charge in [-0.05, 0) is 89.6 Å². The molecule has 1 N–H and O–H groups in total. The maximum Gasteiger partial charge on any atom is 0.422 e. The van der Waals surface area contributed by atoms with Crippen LogP contribution in [0.15, 0.2) is 122 Å². The Bertz CT molecular complexity index is 2470. The molecule has 0 saturated heterocycles. The third-order valence-corrected chi connectivity index (χ3v) is 10.9. The van der Waals surface area contributed by atoms with Crippen LogP contribution < -0.4 is 19.8 Å². The molecule has 0 unspecified atom stereocenters. The van der Waals surface area contributed by atoms with Crippen LogP contribution in [-0.4, -0.2) is 31.5 Å². The van der Waals surface area contributed by atoms with Gasteiger partial charge in [-0.2, -0.15) is 0 Å². The number of nitrogens with one attached hydrogen (secondary N) is 1. The van der Waals surface area contributed by atoms with Crippen molar-refractivity contribution in [2.24, 2.45) is 0 Å². The lowest BCUT2D eigenvalue weighted by molar-refractivity contribution is 0.466. The minimum absolute atomic E-state index is 0.0569. The highest BCUT2D eigenvalue weighted by molar-refractivity contribution is 6.85. The predicted molar refractivity (Wildman–Crippen MR) is 231 cm³/mol. The number of anilines is 4. The zero-order chi connectivity index (χ0) is 39.3. The number of para-hydroxylation sites is 2. The van der Waals surface area contributed by atoms with Crippen molar-refractivity contribution in [3.63, 3.8) is 0 Å². The van der Waals surface area contributed by atoms with Crippen LogP contribution in [0.1, 0.15) is 88.1 Å². The molecule has 0 bridgehead atoms. The van der Waals surface area contributed by atoms with Crippen molar-refractivity contribution in [2.75, 3.05) is 9.62 Å². The number of aromatic nitrogens is 5. The lowest BCUT2D eigenvalue weighted by Gasteiger charge is -2.32. The number of H-pyrrole nitrogens is 1. The van der Waals surface area contributed by atoms with Crippen molar-refractivity contribution < 1.29 is 4.74 Å². The second-order valence-electron chi connectivity index (χ2n) is 16.5. The van der Waals surface area contributed by atoms with Crippen LogP contribution in [0.4, 0.5) is 22.9 Å². The zero-order valence-corrected chi connectivity index (χ0v) is 33.9. The van der Waals surface area contributed by atoms with Gasteiger partial charge < -0.3 is 19.3 Å². The van der Waals surface area contributed by atoms with Crippen LogP contribution in [-0.2, 0) is 5.41 Å². The predicted octanol–water partition coefficient (Wildman–Crippen LogP) is 11.3. The summed E-state index contributed by atoms with van der Waals surface area (Å²) in [4.78, 5) is 22.8. The van der Waals surface area contributed by atoms with Gasteiger partial charge in [-0.15, -0.1) is 0 Å². The molecule has 0 radical (unpaired) electrons. The van der Waals surface area contributed by atoms with E-state index in [1.165, 1.54) is 33.3 Å². The van der Waals surface area contributed by atoms with E-state index in [1.807, 2.05) is 24.7 Å². The molecule has 282 valence electrons. The summed E-state index contributed by atoms with van der Waals surface area (Å²) in [6, 6.07) is 34.4. The number of fused-ring (bicyclic) bond motifs is 1. The Kier molecular flexibility index (Phi) is 9.57. The molecule has 1 aliphatic rings. The van der Waals surface area contributed by atoms with Crippen molar-refractivity contribution in [3.8, 4) is 29.0 Å². The highest BCUT2D eigenvalue weighted by Crippen LogP contribution is 2.48. The number of hydrogen-bond donors (Lipinski definition) is 1. The maximum absolute atomic E-state index is 6.62. The second kappa shape index (κ2) is 14.5. The molecule has 4 heterocycles. The van der Waals surface area contributed by atoms with E-state index in [1.54, 1.807) is 6.20 Å². The van der Waals surface area contributed by atoms with Crippen LogP contribution in [0, 0.1) is 13.8 Å². The first-order valence-electron chi connectivity index (χ1n) is 19.6. The van der Waals surface area contributed by atoms with Crippen LogP contribution in [0.25, 0.3) is 17.3 Å². The van der Waals surface area contributed by atoms with Gasteiger partial charge in [0.05, 0.1) is 23.3 Å². The van der Waals surface area contributed by atoms with E-state index >= 15 is 0 Å². The van der Waals surface area contributed by atoms with Crippen molar-refractivity contribution in [2.45, 2.75) is 79.6 Å². The second-order valence-corrected chi connectivity index (χ2v) is 16.5. The fourth-order valence-corrected chi connectivity index (χ4v) is 8.02. The summed E-state index contributed by atoms with van der Waals surface area (Å²) in [5, 5.41) is 0. The summed E-state index contributed by atoms with van der Waals surface area (Å²) in [7, 11) is 0. The number of aryl methyl sites for hydroxylation is 2. The Balaban J connectivity index is 1.23. The van der Waals surface area contributed by atoms with Gasteiger partial charge in [0.25, 0.3) is 0 Å². The summed E-state index contributed by atoms with van der Waals surface area (Å²) in [6.45, 7) is 19.9. The van der Waals surface area contributed by atoms with E-state index < -0.39 is 0 Å². The minimum atomic E-state index is -0.200. The first kappa shape index (κ1) is 36.9. The Labute approximate surface area is 331 Å². The topological polar surface area (TPSA) is 75.1 Å². The molecule has 0 spiro atoms. The van der Waals surface area contributed by atoms with E-state index in [0.29, 0.717) is 29.3 Å². The molecular weight excluding hydrogens is 689 g/mol. The summed E-state index contributed by atoms with van der Waals surface area (Å²) in [5.41, 5.74) is 11.7. The largest absolute Gasteiger partial charge is 0.439 e. The standard InChI is InChI=1S/C47H50BN7O/c1-30(2)37-19-14-20-38(31(3)4)44(37)53-26-25-50-46(53)45-51-29-42(52-45)56-36-21-22-39-40(28-36)55(41-27-34(23-24-49-41)47(7,8)9)48(43-32(5)15-13-16-33(43)6)54(39)35-17-11-10-12-18-35/h10-31H,1-9H3,(H,51,52). The number of hydrogen-bond acceptors (Lipinski definition) is 6. The first-order valence-corrected chi connectivity index (χ1v) is 19.6. The first-order chi connectivity index (χ1) is 26.9. The number of rotatable bonds is 9. The third kappa shape index (κ3) is 6.65. The number of pyridine rings is 1.